The minimum Gasteiger partial charge on any atom is -0.465 e. The molecule has 17 heavy (non-hydrogen) atoms. The fourth-order valence-corrected chi connectivity index (χ4v) is 1.59. The largest absolute Gasteiger partial charge is 0.465 e. The number of carbonyl (C=O) groups is 1. The highest BCUT2D eigenvalue weighted by molar-refractivity contribution is 9.09. The van der Waals surface area contributed by atoms with Crippen molar-refractivity contribution in [3.63, 3.8) is 0 Å². The molecule has 0 aliphatic heterocycles. The average Bonchev–Trinajstić information content (AvgIpc) is 2.31. The normalized spacial score (nSPS) is 9.35. The first kappa shape index (κ1) is 13.9. The molecule has 0 radical (unpaired) electrons. The molecule has 0 spiro atoms. The van der Waals surface area contributed by atoms with Crippen molar-refractivity contribution in [1.82, 2.24) is 0 Å². The number of nitrogens with two attached hydrogens (primary N) is 1. The Kier molecular flexibility index (Phi) is 5.33. The molecule has 1 rings (SSSR count). The molecule has 0 saturated carbocycles. The van der Waals surface area contributed by atoms with E-state index in [1.807, 2.05) is 0 Å². The second-order valence-electron chi connectivity index (χ2n) is 3.15. The number of rotatable bonds is 2. The van der Waals surface area contributed by atoms with Gasteiger partial charge in [-0.25, -0.2) is 4.79 Å². The van der Waals surface area contributed by atoms with Crippen LogP contribution in [0.3, 0.4) is 0 Å². The summed E-state index contributed by atoms with van der Waals surface area (Å²) in [5, 5.41) is 1.22. The Morgan fingerprint density at radius 1 is 1.59 bits per heavy atom. The number of benzene rings is 1. The lowest BCUT2D eigenvalue weighted by Gasteiger charge is -2.05. The number of alkyl halides is 1. The topological polar surface area (TPSA) is 52.3 Å². The maximum atomic E-state index is 11.4. The second kappa shape index (κ2) is 6.53. The van der Waals surface area contributed by atoms with Gasteiger partial charge in [0.1, 0.15) is 0 Å². The van der Waals surface area contributed by atoms with Crippen molar-refractivity contribution in [2.45, 2.75) is 6.42 Å². The van der Waals surface area contributed by atoms with Crippen molar-refractivity contribution in [3.05, 3.63) is 28.3 Å². The van der Waals surface area contributed by atoms with Gasteiger partial charge in [0, 0.05) is 23.0 Å². The van der Waals surface area contributed by atoms with Crippen LogP contribution in [0, 0.1) is 11.8 Å². The Balaban J connectivity index is 3.16. The summed E-state index contributed by atoms with van der Waals surface area (Å²) in [5.74, 6) is 5.31. The zero-order valence-corrected chi connectivity index (χ0v) is 11.6. The molecule has 90 valence electrons. The van der Waals surface area contributed by atoms with E-state index in [9.17, 15) is 4.79 Å². The molecular formula is C12H11BrClNO2. The van der Waals surface area contributed by atoms with Crippen LogP contribution in [0.1, 0.15) is 22.3 Å². The molecule has 1 aromatic rings. The molecule has 0 bridgehead atoms. The number of halogens is 2. The number of esters is 1. The Labute approximate surface area is 113 Å². The molecule has 0 amide bonds. The van der Waals surface area contributed by atoms with E-state index in [1.165, 1.54) is 13.2 Å². The number of hydrogen-bond donors (Lipinski definition) is 1. The molecule has 0 fully saturated rings. The van der Waals surface area contributed by atoms with Gasteiger partial charge in [-0.15, -0.1) is 0 Å². The van der Waals surface area contributed by atoms with Crippen LogP contribution in [0.25, 0.3) is 0 Å². The number of nitrogen functional groups attached to an aromatic ring is 1. The third-order valence-corrected chi connectivity index (χ3v) is 2.70. The molecule has 5 heteroatoms. The molecule has 2 N–H and O–H groups in total. The van der Waals surface area contributed by atoms with Crippen LogP contribution in [-0.2, 0) is 4.74 Å². The highest BCUT2D eigenvalue weighted by atomic mass is 79.9. The van der Waals surface area contributed by atoms with Gasteiger partial charge in [-0.3, -0.25) is 0 Å². The van der Waals surface area contributed by atoms with Crippen molar-refractivity contribution < 1.29 is 9.53 Å². The zero-order chi connectivity index (χ0) is 12.8. The molecule has 0 saturated heterocycles. The first-order chi connectivity index (χ1) is 8.10. The molecule has 0 atom stereocenters. The van der Waals surface area contributed by atoms with Crippen LogP contribution in [0.2, 0.25) is 5.02 Å². The van der Waals surface area contributed by atoms with Crippen molar-refractivity contribution in [2.75, 3.05) is 18.2 Å². The smallest absolute Gasteiger partial charge is 0.340 e. The van der Waals surface area contributed by atoms with Gasteiger partial charge in [0.05, 0.1) is 17.7 Å². The SMILES string of the molecule is COC(=O)c1cc(C#CCCBr)c(Cl)cc1N. The van der Waals surface area contributed by atoms with Gasteiger partial charge >= 0.3 is 5.97 Å². The van der Waals surface area contributed by atoms with E-state index >= 15 is 0 Å². The van der Waals surface area contributed by atoms with Crippen molar-refractivity contribution >= 4 is 39.2 Å². The molecule has 0 aliphatic rings. The van der Waals surface area contributed by atoms with E-state index in [2.05, 4.69) is 32.5 Å². The van der Waals surface area contributed by atoms with Gasteiger partial charge in [-0.05, 0) is 12.1 Å². The van der Waals surface area contributed by atoms with E-state index < -0.39 is 5.97 Å². The number of anilines is 1. The monoisotopic (exact) mass is 315 g/mol. The zero-order valence-electron chi connectivity index (χ0n) is 9.22. The summed E-state index contributed by atoms with van der Waals surface area (Å²) >= 11 is 9.25. The standard InChI is InChI=1S/C12H11BrClNO2/c1-17-12(16)9-6-8(4-2-3-5-13)10(14)7-11(9)15/h6-7H,3,5,15H2,1H3. The van der Waals surface area contributed by atoms with E-state index in [1.54, 1.807) is 6.07 Å². The third kappa shape index (κ3) is 3.65. The number of methoxy groups -OCH3 is 1. The predicted octanol–water partition coefficient (Wildman–Crippen LogP) is 2.85. The average molecular weight is 317 g/mol. The summed E-state index contributed by atoms with van der Waals surface area (Å²) in [5.41, 5.74) is 6.82. The molecule has 3 nitrogen and oxygen atoms in total. The van der Waals surface area contributed by atoms with Crippen LogP contribution < -0.4 is 5.73 Å². The summed E-state index contributed by atoms with van der Waals surface area (Å²) in [6, 6.07) is 3.05. The molecule has 1 aromatic carbocycles. The molecule has 0 unspecified atom stereocenters. The van der Waals surface area contributed by atoms with Crippen LogP contribution in [-0.4, -0.2) is 18.4 Å². The highest BCUT2D eigenvalue weighted by Gasteiger charge is 2.12. The van der Waals surface area contributed by atoms with Crippen molar-refractivity contribution in [3.8, 4) is 11.8 Å². The van der Waals surface area contributed by atoms with Gasteiger partial charge in [0.2, 0.25) is 0 Å². The van der Waals surface area contributed by atoms with Gasteiger partial charge in [0.25, 0.3) is 0 Å². The Hall–Kier alpha value is -1.18. The molecular weight excluding hydrogens is 305 g/mol. The lowest BCUT2D eigenvalue weighted by molar-refractivity contribution is 0.0602. The van der Waals surface area contributed by atoms with Crippen molar-refractivity contribution in [2.24, 2.45) is 0 Å². The second-order valence-corrected chi connectivity index (χ2v) is 4.35. The molecule has 0 aromatic heterocycles. The first-order valence-electron chi connectivity index (χ1n) is 4.82. The maximum Gasteiger partial charge on any atom is 0.340 e. The van der Waals surface area contributed by atoms with Gasteiger partial charge in [0.15, 0.2) is 0 Å². The molecule has 0 heterocycles. The van der Waals surface area contributed by atoms with Crippen molar-refractivity contribution in [1.29, 1.82) is 0 Å². The Bertz CT molecular complexity index is 491. The lowest BCUT2D eigenvalue weighted by Crippen LogP contribution is -2.06. The predicted molar refractivity (Wildman–Crippen MR) is 72.5 cm³/mol. The van der Waals surface area contributed by atoms with Crippen LogP contribution in [0.4, 0.5) is 5.69 Å². The van der Waals surface area contributed by atoms with Gasteiger partial charge in [-0.1, -0.05) is 39.4 Å². The molecule has 0 aliphatic carbocycles. The highest BCUT2D eigenvalue weighted by Crippen LogP contribution is 2.23. The van der Waals surface area contributed by atoms with Crippen LogP contribution in [0.5, 0.6) is 0 Å². The third-order valence-electron chi connectivity index (χ3n) is 1.99. The fourth-order valence-electron chi connectivity index (χ4n) is 1.18. The van der Waals surface area contributed by atoms with Crippen LogP contribution in [0.15, 0.2) is 12.1 Å². The minimum absolute atomic E-state index is 0.278. The van der Waals surface area contributed by atoms with E-state index in [0.717, 1.165) is 5.33 Å². The fraction of sp³-hybridized carbons (Fsp3) is 0.250. The number of carbonyl (C=O) groups excluding carboxylic acids is 1. The summed E-state index contributed by atoms with van der Waals surface area (Å²) in [7, 11) is 1.30. The summed E-state index contributed by atoms with van der Waals surface area (Å²) < 4.78 is 4.62. The summed E-state index contributed by atoms with van der Waals surface area (Å²) in [6.45, 7) is 0. The van der Waals surface area contributed by atoms with E-state index in [-0.39, 0.29) is 11.3 Å². The Morgan fingerprint density at radius 2 is 2.29 bits per heavy atom. The van der Waals surface area contributed by atoms with E-state index in [0.29, 0.717) is 17.0 Å². The number of hydrogen-bond acceptors (Lipinski definition) is 3. The van der Waals surface area contributed by atoms with Gasteiger partial charge < -0.3 is 10.5 Å². The Morgan fingerprint density at radius 3 is 2.88 bits per heavy atom. The van der Waals surface area contributed by atoms with Crippen LogP contribution >= 0.6 is 27.5 Å². The van der Waals surface area contributed by atoms with E-state index in [4.69, 9.17) is 17.3 Å². The summed E-state index contributed by atoms with van der Waals surface area (Å²) in [4.78, 5) is 11.4. The summed E-state index contributed by atoms with van der Waals surface area (Å²) in [6.07, 6.45) is 0.703. The quantitative estimate of drug-likeness (QED) is 0.395. The first-order valence-corrected chi connectivity index (χ1v) is 6.32. The minimum atomic E-state index is -0.497. The lowest BCUT2D eigenvalue weighted by atomic mass is 10.1. The van der Waals surface area contributed by atoms with Gasteiger partial charge in [-0.2, -0.15) is 0 Å². The maximum absolute atomic E-state index is 11.4. The number of ether oxygens (including phenoxy) is 1.